The molecule has 2 N–H and O–H groups in total. The van der Waals surface area contributed by atoms with E-state index >= 15 is 0 Å². The van der Waals surface area contributed by atoms with Gasteiger partial charge in [-0.15, -0.1) is 0 Å². The molecule has 22 heavy (non-hydrogen) atoms. The van der Waals surface area contributed by atoms with E-state index in [0.29, 0.717) is 11.4 Å². The van der Waals surface area contributed by atoms with Gasteiger partial charge in [0.25, 0.3) is 5.91 Å². The van der Waals surface area contributed by atoms with Crippen LogP contribution in [-0.4, -0.2) is 16.0 Å². The Balaban J connectivity index is 1.69. The van der Waals surface area contributed by atoms with Gasteiger partial charge in [-0.3, -0.25) is 10.1 Å². The van der Waals surface area contributed by atoms with Crippen LogP contribution in [0.2, 0.25) is 0 Å². The highest BCUT2D eigenvalue weighted by atomic mass is 32.1. The van der Waals surface area contributed by atoms with Gasteiger partial charge in [-0.25, -0.2) is 4.98 Å². The van der Waals surface area contributed by atoms with E-state index in [4.69, 9.17) is 16.6 Å². The molecule has 0 saturated heterocycles. The Morgan fingerprint density at radius 1 is 1.18 bits per heavy atom. The van der Waals surface area contributed by atoms with Crippen LogP contribution in [0, 0.1) is 6.92 Å². The molecule has 0 aliphatic rings. The minimum absolute atomic E-state index is 0.170. The normalized spacial score (nSPS) is 10.4. The van der Waals surface area contributed by atoms with Crippen LogP contribution in [0.15, 0.2) is 52.9 Å². The number of carbonyl (C=O) groups is 1. The van der Waals surface area contributed by atoms with E-state index in [2.05, 4.69) is 15.6 Å². The van der Waals surface area contributed by atoms with Gasteiger partial charge in [0.15, 0.2) is 10.9 Å². The monoisotopic (exact) mass is 311 g/mol. The molecule has 2 aromatic heterocycles. The molecule has 110 valence electrons. The van der Waals surface area contributed by atoms with Gasteiger partial charge in [0.2, 0.25) is 0 Å². The molecule has 0 atom stereocenters. The lowest BCUT2D eigenvalue weighted by molar-refractivity contribution is 0.0953. The Morgan fingerprint density at radius 2 is 2.00 bits per heavy atom. The molecule has 0 aliphatic heterocycles. The second-order valence-electron chi connectivity index (χ2n) is 4.72. The maximum atomic E-state index is 12.1. The number of benzene rings is 1. The summed E-state index contributed by atoms with van der Waals surface area (Å²) in [5, 5.41) is 6.47. The van der Waals surface area contributed by atoms with E-state index in [1.807, 2.05) is 37.3 Å². The summed E-state index contributed by atoms with van der Waals surface area (Å²) in [5.74, 6) is 0.388. The fourth-order valence-corrected chi connectivity index (χ4v) is 2.22. The van der Waals surface area contributed by atoms with Crippen molar-refractivity contribution in [2.45, 2.75) is 6.92 Å². The highest BCUT2D eigenvalue weighted by Crippen LogP contribution is 2.18. The summed E-state index contributed by atoms with van der Waals surface area (Å²) in [6.07, 6.45) is 0. The fourth-order valence-electron chi connectivity index (χ4n) is 2.02. The van der Waals surface area contributed by atoms with Crippen LogP contribution in [0.4, 0.5) is 5.82 Å². The van der Waals surface area contributed by atoms with Gasteiger partial charge in [0.1, 0.15) is 11.4 Å². The van der Waals surface area contributed by atoms with Gasteiger partial charge in [0.05, 0.1) is 0 Å². The number of hydrogen-bond acceptors (Lipinski definition) is 4. The van der Waals surface area contributed by atoms with Crippen molar-refractivity contribution in [3.8, 4) is 0 Å². The van der Waals surface area contributed by atoms with Gasteiger partial charge < -0.3 is 9.73 Å². The molecule has 0 bridgehead atoms. The van der Waals surface area contributed by atoms with Crippen LogP contribution in [0.25, 0.3) is 11.0 Å². The first-order valence-corrected chi connectivity index (χ1v) is 7.07. The van der Waals surface area contributed by atoms with Crippen molar-refractivity contribution in [1.82, 2.24) is 10.3 Å². The number of pyridine rings is 1. The molecule has 6 heteroatoms. The number of amides is 1. The number of hydrogen-bond donors (Lipinski definition) is 2. The van der Waals surface area contributed by atoms with Crippen LogP contribution in [0.5, 0.6) is 0 Å². The Hall–Kier alpha value is -2.73. The second-order valence-corrected chi connectivity index (χ2v) is 5.13. The molecule has 0 radical (unpaired) electrons. The molecule has 0 saturated carbocycles. The zero-order valence-corrected chi connectivity index (χ0v) is 12.6. The third kappa shape index (κ3) is 3.12. The predicted molar refractivity (Wildman–Crippen MR) is 88.9 cm³/mol. The summed E-state index contributed by atoms with van der Waals surface area (Å²) in [7, 11) is 0. The number of fused-ring (bicyclic) bond motifs is 1. The highest BCUT2D eigenvalue weighted by molar-refractivity contribution is 7.80. The summed E-state index contributed by atoms with van der Waals surface area (Å²) < 4.78 is 5.48. The number of carbonyl (C=O) groups excluding carboxylic acids is 1. The molecule has 2 heterocycles. The summed E-state index contributed by atoms with van der Waals surface area (Å²) in [6, 6.07) is 14.6. The van der Waals surface area contributed by atoms with Crippen LogP contribution in [-0.2, 0) is 0 Å². The predicted octanol–water partition coefficient (Wildman–Crippen LogP) is 3.26. The Morgan fingerprint density at radius 3 is 2.77 bits per heavy atom. The Labute approximate surface area is 132 Å². The van der Waals surface area contributed by atoms with Crippen molar-refractivity contribution in [3.05, 3.63) is 60.0 Å². The molecular weight excluding hydrogens is 298 g/mol. The van der Waals surface area contributed by atoms with Crippen molar-refractivity contribution in [2.75, 3.05) is 5.32 Å². The average molecular weight is 311 g/mol. The van der Waals surface area contributed by atoms with Gasteiger partial charge in [-0.05, 0) is 43.4 Å². The van der Waals surface area contributed by atoms with Crippen molar-refractivity contribution < 1.29 is 9.21 Å². The third-order valence-corrected chi connectivity index (χ3v) is 3.21. The molecule has 5 nitrogen and oxygen atoms in total. The van der Waals surface area contributed by atoms with Crippen LogP contribution in [0.3, 0.4) is 0 Å². The lowest BCUT2D eigenvalue weighted by Gasteiger charge is -2.07. The molecule has 3 rings (SSSR count). The molecule has 0 aliphatic carbocycles. The maximum absolute atomic E-state index is 12.1. The number of aryl methyl sites for hydroxylation is 1. The van der Waals surface area contributed by atoms with Crippen molar-refractivity contribution in [2.24, 2.45) is 0 Å². The topological polar surface area (TPSA) is 67.2 Å². The number of nitrogens with zero attached hydrogens (tertiary/aromatic N) is 1. The summed E-state index contributed by atoms with van der Waals surface area (Å²) in [6.45, 7) is 1.88. The molecule has 0 unspecified atom stereocenters. The quantitative estimate of drug-likeness (QED) is 0.711. The standard InChI is InChI=1S/C16H13N3O2S/c1-10-5-4-8-14(17-10)18-16(22)19-15(20)13-9-11-6-2-3-7-12(11)21-13/h2-9H,1H3,(H2,17,18,19,20,22). The van der Waals surface area contributed by atoms with E-state index < -0.39 is 5.91 Å². The lowest BCUT2D eigenvalue weighted by atomic mass is 10.2. The lowest BCUT2D eigenvalue weighted by Crippen LogP contribution is -2.34. The first-order valence-electron chi connectivity index (χ1n) is 6.66. The minimum Gasteiger partial charge on any atom is -0.451 e. The molecular formula is C16H13N3O2S. The van der Waals surface area contributed by atoms with Crippen LogP contribution >= 0.6 is 12.2 Å². The van der Waals surface area contributed by atoms with E-state index in [-0.39, 0.29) is 10.9 Å². The number of furan rings is 1. The van der Waals surface area contributed by atoms with E-state index in [1.54, 1.807) is 18.2 Å². The van der Waals surface area contributed by atoms with E-state index in [9.17, 15) is 4.79 Å². The molecule has 0 spiro atoms. The van der Waals surface area contributed by atoms with E-state index in [0.717, 1.165) is 11.1 Å². The van der Waals surface area contributed by atoms with Crippen LogP contribution < -0.4 is 10.6 Å². The number of thiocarbonyl (C=S) groups is 1. The van der Waals surface area contributed by atoms with E-state index in [1.165, 1.54) is 0 Å². The smallest absolute Gasteiger partial charge is 0.293 e. The van der Waals surface area contributed by atoms with Crippen LogP contribution in [0.1, 0.15) is 16.2 Å². The average Bonchev–Trinajstić information content (AvgIpc) is 2.91. The summed E-state index contributed by atoms with van der Waals surface area (Å²) in [4.78, 5) is 16.4. The molecule has 3 aromatic rings. The maximum Gasteiger partial charge on any atom is 0.293 e. The number of rotatable bonds is 2. The molecule has 0 fully saturated rings. The molecule has 1 amide bonds. The van der Waals surface area contributed by atoms with Gasteiger partial charge in [-0.1, -0.05) is 24.3 Å². The van der Waals surface area contributed by atoms with Crippen molar-refractivity contribution in [1.29, 1.82) is 0 Å². The third-order valence-electron chi connectivity index (χ3n) is 3.01. The minimum atomic E-state index is -0.402. The van der Waals surface area contributed by atoms with Gasteiger partial charge in [-0.2, -0.15) is 0 Å². The number of aromatic nitrogens is 1. The Bertz CT molecular complexity index is 824. The van der Waals surface area contributed by atoms with Crippen molar-refractivity contribution in [3.63, 3.8) is 0 Å². The zero-order valence-electron chi connectivity index (χ0n) is 11.8. The first-order chi connectivity index (χ1) is 10.6. The summed E-state index contributed by atoms with van der Waals surface area (Å²) >= 11 is 5.11. The van der Waals surface area contributed by atoms with Gasteiger partial charge >= 0.3 is 0 Å². The number of para-hydroxylation sites is 1. The molecule has 1 aromatic carbocycles. The second kappa shape index (κ2) is 5.95. The zero-order chi connectivity index (χ0) is 15.5. The SMILES string of the molecule is Cc1cccc(NC(=S)NC(=O)c2cc3ccccc3o2)n1. The first kappa shape index (κ1) is 14.2. The largest absolute Gasteiger partial charge is 0.451 e. The summed E-state index contributed by atoms with van der Waals surface area (Å²) in [5.41, 5.74) is 1.52. The highest BCUT2D eigenvalue weighted by Gasteiger charge is 2.13. The van der Waals surface area contributed by atoms with Crippen molar-refractivity contribution >= 4 is 40.0 Å². The Kier molecular flexibility index (Phi) is 3.84. The fraction of sp³-hybridized carbons (Fsp3) is 0.0625. The van der Waals surface area contributed by atoms with Gasteiger partial charge in [0, 0.05) is 11.1 Å². The number of anilines is 1. The number of nitrogens with one attached hydrogen (secondary N) is 2.